The van der Waals surface area contributed by atoms with Crippen LogP contribution in [0.4, 0.5) is 0 Å². The Bertz CT molecular complexity index is 848. The van der Waals surface area contributed by atoms with Gasteiger partial charge in [-0.25, -0.2) is 0 Å². The molecule has 10 nitrogen and oxygen atoms in total. The first kappa shape index (κ1) is 35.5. The number of hydrogen-bond donors (Lipinski definition) is 0. The molecule has 0 aliphatic heterocycles. The molecule has 1 aromatic carbocycles. The molecule has 0 aliphatic carbocycles. The van der Waals surface area contributed by atoms with Crippen LogP contribution in [0.5, 0.6) is 0 Å². The van der Waals surface area contributed by atoms with Crippen LogP contribution >= 0.6 is 0 Å². The molecule has 0 fully saturated rings. The SMILES string of the molecule is CC(C)OC(=O)CN(CCOCCOCc1ccccc1)CCN(CC(=O)OC(C)(C)C)CC(=O)OC(C)(C)C. The van der Waals surface area contributed by atoms with Gasteiger partial charge in [0.05, 0.1) is 52.2 Å². The van der Waals surface area contributed by atoms with Gasteiger partial charge < -0.3 is 23.7 Å². The van der Waals surface area contributed by atoms with Gasteiger partial charge in [-0.1, -0.05) is 30.3 Å². The van der Waals surface area contributed by atoms with E-state index in [1.165, 1.54) is 0 Å². The van der Waals surface area contributed by atoms with E-state index in [2.05, 4.69) is 0 Å². The van der Waals surface area contributed by atoms with Crippen molar-refractivity contribution in [3.8, 4) is 0 Å². The van der Waals surface area contributed by atoms with E-state index >= 15 is 0 Å². The summed E-state index contributed by atoms with van der Waals surface area (Å²) in [6.45, 7) is 17.1. The van der Waals surface area contributed by atoms with Crippen LogP contribution in [0.15, 0.2) is 30.3 Å². The maximum Gasteiger partial charge on any atom is 0.320 e. The summed E-state index contributed by atoms with van der Waals surface area (Å²) < 4.78 is 27.6. The van der Waals surface area contributed by atoms with Crippen LogP contribution in [-0.4, -0.2) is 104 Å². The highest BCUT2D eigenvalue weighted by atomic mass is 16.6. The zero-order valence-corrected chi connectivity index (χ0v) is 25.7. The first-order valence-corrected chi connectivity index (χ1v) is 13.9. The highest BCUT2D eigenvalue weighted by Crippen LogP contribution is 2.10. The van der Waals surface area contributed by atoms with Crippen LogP contribution in [0.2, 0.25) is 0 Å². The second-order valence-corrected chi connectivity index (χ2v) is 11.8. The van der Waals surface area contributed by atoms with E-state index in [0.29, 0.717) is 46.1 Å². The normalized spacial score (nSPS) is 12.2. The number of hydrogen-bond acceptors (Lipinski definition) is 10. The Hall–Kier alpha value is -2.53. The second-order valence-electron chi connectivity index (χ2n) is 11.8. The molecule has 0 aliphatic rings. The molecule has 0 saturated carbocycles. The molecule has 0 spiro atoms. The number of ether oxygens (including phenoxy) is 5. The Morgan fingerprint density at radius 3 is 1.70 bits per heavy atom. The van der Waals surface area contributed by atoms with E-state index in [9.17, 15) is 14.4 Å². The topological polar surface area (TPSA) is 104 Å². The van der Waals surface area contributed by atoms with Gasteiger partial charge in [0.25, 0.3) is 0 Å². The fraction of sp³-hybridized carbons (Fsp3) is 0.700. The third-order valence-electron chi connectivity index (χ3n) is 5.03. The van der Waals surface area contributed by atoms with Crippen molar-refractivity contribution in [1.29, 1.82) is 0 Å². The minimum atomic E-state index is -0.649. The first-order valence-electron chi connectivity index (χ1n) is 13.9. The molecule has 0 bridgehead atoms. The summed E-state index contributed by atoms with van der Waals surface area (Å²) in [5, 5.41) is 0. The van der Waals surface area contributed by atoms with E-state index in [1.807, 2.05) is 35.2 Å². The maximum absolute atomic E-state index is 12.5. The number of nitrogens with zero attached hydrogens (tertiary/aromatic N) is 2. The molecule has 0 aromatic heterocycles. The second kappa shape index (κ2) is 18.0. The summed E-state index contributed by atoms with van der Waals surface area (Å²) in [5.41, 5.74) is -0.202. The van der Waals surface area contributed by atoms with Crippen LogP contribution in [0.1, 0.15) is 61.0 Å². The monoisotopic (exact) mass is 566 g/mol. The first-order chi connectivity index (χ1) is 18.6. The molecule has 0 heterocycles. The van der Waals surface area contributed by atoms with Crippen molar-refractivity contribution in [2.75, 3.05) is 59.1 Å². The Morgan fingerprint density at radius 1 is 0.675 bits per heavy atom. The van der Waals surface area contributed by atoms with E-state index < -0.39 is 23.1 Å². The van der Waals surface area contributed by atoms with E-state index in [0.717, 1.165) is 5.56 Å². The van der Waals surface area contributed by atoms with Crippen LogP contribution in [-0.2, 0) is 44.7 Å². The van der Waals surface area contributed by atoms with E-state index in [1.54, 1.807) is 60.3 Å². The van der Waals surface area contributed by atoms with Gasteiger partial charge in [0.1, 0.15) is 11.2 Å². The van der Waals surface area contributed by atoms with Crippen molar-refractivity contribution < 1.29 is 38.1 Å². The molecular formula is C30H50N2O8. The van der Waals surface area contributed by atoms with Crippen molar-refractivity contribution in [2.24, 2.45) is 0 Å². The molecule has 228 valence electrons. The molecular weight excluding hydrogens is 516 g/mol. The Balaban J connectivity index is 2.69. The molecule has 0 unspecified atom stereocenters. The lowest BCUT2D eigenvalue weighted by Gasteiger charge is -2.28. The van der Waals surface area contributed by atoms with Crippen molar-refractivity contribution >= 4 is 17.9 Å². The quantitative estimate of drug-likeness (QED) is 0.149. The molecule has 0 saturated heterocycles. The number of benzene rings is 1. The van der Waals surface area contributed by atoms with E-state index in [-0.39, 0.29) is 31.7 Å². The van der Waals surface area contributed by atoms with Gasteiger partial charge >= 0.3 is 17.9 Å². The van der Waals surface area contributed by atoms with Crippen LogP contribution in [0.25, 0.3) is 0 Å². The zero-order chi connectivity index (χ0) is 30.2. The highest BCUT2D eigenvalue weighted by molar-refractivity contribution is 5.75. The van der Waals surface area contributed by atoms with Crippen LogP contribution in [0.3, 0.4) is 0 Å². The van der Waals surface area contributed by atoms with Crippen molar-refractivity contribution in [3.05, 3.63) is 35.9 Å². The minimum absolute atomic E-state index is 0.0543. The van der Waals surface area contributed by atoms with E-state index in [4.69, 9.17) is 23.7 Å². The van der Waals surface area contributed by atoms with Crippen LogP contribution < -0.4 is 0 Å². The number of esters is 3. The number of carbonyl (C=O) groups is 3. The third-order valence-corrected chi connectivity index (χ3v) is 5.03. The average Bonchev–Trinajstić information content (AvgIpc) is 2.79. The van der Waals surface area contributed by atoms with Gasteiger partial charge in [0.15, 0.2) is 0 Å². The summed E-state index contributed by atoms with van der Waals surface area (Å²) in [7, 11) is 0. The van der Waals surface area contributed by atoms with Crippen molar-refractivity contribution in [2.45, 2.75) is 79.3 Å². The summed E-state index contributed by atoms with van der Waals surface area (Å²) in [4.78, 5) is 41.0. The van der Waals surface area contributed by atoms with Gasteiger partial charge in [0, 0.05) is 19.6 Å². The van der Waals surface area contributed by atoms with Gasteiger partial charge in [0.2, 0.25) is 0 Å². The fourth-order valence-electron chi connectivity index (χ4n) is 3.54. The van der Waals surface area contributed by atoms with Crippen LogP contribution in [0, 0.1) is 0 Å². The molecule has 1 aromatic rings. The summed E-state index contributed by atoms with van der Waals surface area (Å²) in [5.74, 6) is -1.24. The maximum atomic E-state index is 12.5. The zero-order valence-electron chi connectivity index (χ0n) is 25.7. The summed E-state index contributed by atoms with van der Waals surface area (Å²) in [6, 6.07) is 9.91. The summed E-state index contributed by atoms with van der Waals surface area (Å²) in [6.07, 6.45) is -0.233. The Kier molecular flexibility index (Phi) is 16.0. The number of carbonyl (C=O) groups excluding carboxylic acids is 3. The van der Waals surface area contributed by atoms with Crippen molar-refractivity contribution in [1.82, 2.24) is 9.80 Å². The Morgan fingerprint density at radius 2 is 1.18 bits per heavy atom. The molecule has 1 rings (SSSR count). The van der Waals surface area contributed by atoms with Gasteiger partial charge in [-0.15, -0.1) is 0 Å². The standard InChI is InChI=1S/C30H50N2O8/c1-24(2)38-26(33)20-31(16-17-36-18-19-37-23-25-12-10-9-11-13-25)14-15-32(21-27(34)39-29(3,4)5)22-28(35)40-30(6,7)8/h9-13,24H,14-23H2,1-8H3. The number of rotatable bonds is 18. The lowest BCUT2D eigenvalue weighted by Crippen LogP contribution is -2.45. The molecule has 0 radical (unpaired) electrons. The summed E-state index contributed by atoms with van der Waals surface area (Å²) >= 11 is 0. The Labute approximate surface area is 240 Å². The lowest BCUT2D eigenvalue weighted by atomic mass is 10.2. The van der Waals surface area contributed by atoms with Gasteiger partial charge in [-0.05, 0) is 61.0 Å². The third kappa shape index (κ3) is 19.5. The predicted octanol–water partition coefficient (Wildman–Crippen LogP) is 3.46. The molecule has 0 N–H and O–H groups in total. The molecule has 0 amide bonds. The van der Waals surface area contributed by atoms with Crippen molar-refractivity contribution in [3.63, 3.8) is 0 Å². The lowest BCUT2D eigenvalue weighted by molar-refractivity contribution is -0.160. The minimum Gasteiger partial charge on any atom is -0.462 e. The molecule has 40 heavy (non-hydrogen) atoms. The van der Waals surface area contributed by atoms with Gasteiger partial charge in [-0.2, -0.15) is 0 Å². The average molecular weight is 567 g/mol. The fourth-order valence-corrected chi connectivity index (χ4v) is 3.54. The smallest absolute Gasteiger partial charge is 0.320 e. The highest BCUT2D eigenvalue weighted by Gasteiger charge is 2.24. The van der Waals surface area contributed by atoms with Gasteiger partial charge in [-0.3, -0.25) is 24.2 Å². The molecule has 0 atom stereocenters. The predicted molar refractivity (Wildman–Crippen MR) is 153 cm³/mol. The largest absolute Gasteiger partial charge is 0.462 e. The molecule has 10 heteroatoms.